The number of hydrogen-bond acceptors (Lipinski definition) is 1. The van der Waals surface area contributed by atoms with E-state index in [-0.39, 0.29) is 0 Å². The van der Waals surface area contributed by atoms with Crippen LogP contribution in [0.25, 0.3) is 0 Å². The zero-order valence-corrected chi connectivity index (χ0v) is 10.9. The van der Waals surface area contributed by atoms with E-state index >= 15 is 0 Å². The quantitative estimate of drug-likeness (QED) is 0.579. The lowest BCUT2D eigenvalue weighted by atomic mass is 9.98. The van der Waals surface area contributed by atoms with Crippen LogP contribution in [0.1, 0.15) is 65.2 Å². The first kappa shape index (κ1) is 13.5. The van der Waals surface area contributed by atoms with E-state index in [1.165, 1.54) is 32.1 Å². The maximum Gasteiger partial charge on any atom is 0.133 e. The molecule has 0 aliphatic heterocycles. The van der Waals surface area contributed by atoms with Gasteiger partial charge in [0.15, 0.2) is 0 Å². The van der Waals surface area contributed by atoms with Crippen molar-refractivity contribution in [3.8, 4) is 0 Å². The van der Waals surface area contributed by atoms with E-state index in [0.29, 0.717) is 11.7 Å². The predicted molar refractivity (Wildman–Crippen MR) is 69.4 cm³/mol. The molecule has 16 heavy (non-hydrogen) atoms. The molecule has 1 aliphatic carbocycles. The second-order valence-corrected chi connectivity index (χ2v) is 5.29. The molecule has 92 valence electrons. The van der Waals surface area contributed by atoms with Gasteiger partial charge in [-0.25, -0.2) is 0 Å². The summed E-state index contributed by atoms with van der Waals surface area (Å²) in [7, 11) is 0. The SMILES string of the molecule is CCCC[C@H](C)CC/C=C/C1CCC(=O)C1. The molecule has 0 saturated heterocycles. The van der Waals surface area contributed by atoms with Crippen LogP contribution in [-0.4, -0.2) is 5.78 Å². The normalized spacial score (nSPS) is 23.1. The molecule has 0 aromatic rings. The molecule has 1 unspecified atom stereocenters. The van der Waals surface area contributed by atoms with E-state index in [2.05, 4.69) is 26.0 Å². The number of rotatable bonds is 7. The number of ketones is 1. The van der Waals surface area contributed by atoms with Gasteiger partial charge in [0.25, 0.3) is 0 Å². The molecule has 0 aromatic heterocycles. The topological polar surface area (TPSA) is 17.1 Å². The van der Waals surface area contributed by atoms with Crippen molar-refractivity contribution in [1.82, 2.24) is 0 Å². The number of hydrogen-bond donors (Lipinski definition) is 0. The fourth-order valence-electron chi connectivity index (χ4n) is 2.37. The lowest BCUT2D eigenvalue weighted by molar-refractivity contribution is -0.117. The lowest BCUT2D eigenvalue weighted by Gasteiger charge is -2.08. The average molecular weight is 222 g/mol. The van der Waals surface area contributed by atoms with Crippen LogP contribution in [0.5, 0.6) is 0 Å². The highest BCUT2D eigenvalue weighted by Crippen LogP contribution is 2.23. The third-order valence-electron chi connectivity index (χ3n) is 3.57. The molecule has 0 spiro atoms. The number of Topliss-reactive ketones (excluding diaryl/α,β-unsaturated/α-hetero) is 1. The van der Waals surface area contributed by atoms with Crippen LogP contribution in [0.15, 0.2) is 12.2 Å². The van der Waals surface area contributed by atoms with Crippen LogP contribution >= 0.6 is 0 Å². The van der Waals surface area contributed by atoms with Crippen molar-refractivity contribution in [3.05, 3.63) is 12.2 Å². The Bertz CT molecular complexity index is 230. The maximum atomic E-state index is 11.1. The Morgan fingerprint density at radius 3 is 2.88 bits per heavy atom. The van der Waals surface area contributed by atoms with Crippen LogP contribution < -0.4 is 0 Å². The van der Waals surface area contributed by atoms with Crippen molar-refractivity contribution in [1.29, 1.82) is 0 Å². The summed E-state index contributed by atoms with van der Waals surface area (Å²) < 4.78 is 0. The second-order valence-electron chi connectivity index (χ2n) is 5.29. The highest BCUT2D eigenvalue weighted by atomic mass is 16.1. The van der Waals surface area contributed by atoms with Crippen LogP contribution in [0.4, 0.5) is 0 Å². The molecular weight excluding hydrogens is 196 g/mol. The minimum absolute atomic E-state index is 0.450. The van der Waals surface area contributed by atoms with Gasteiger partial charge in [-0.05, 0) is 31.1 Å². The first-order valence-corrected chi connectivity index (χ1v) is 6.90. The Labute approximate surface area is 100 Å². The molecule has 0 bridgehead atoms. The van der Waals surface area contributed by atoms with Gasteiger partial charge < -0.3 is 0 Å². The summed E-state index contributed by atoms with van der Waals surface area (Å²) in [5.74, 6) is 1.86. The van der Waals surface area contributed by atoms with Gasteiger partial charge in [-0.15, -0.1) is 0 Å². The molecule has 1 heteroatoms. The van der Waals surface area contributed by atoms with Crippen molar-refractivity contribution in [2.75, 3.05) is 0 Å². The summed E-state index contributed by atoms with van der Waals surface area (Å²) in [4.78, 5) is 11.1. The summed E-state index contributed by atoms with van der Waals surface area (Å²) >= 11 is 0. The monoisotopic (exact) mass is 222 g/mol. The summed E-state index contributed by atoms with van der Waals surface area (Å²) in [6.45, 7) is 4.60. The van der Waals surface area contributed by atoms with Crippen molar-refractivity contribution in [2.24, 2.45) is 11.8 Å². The lowest BCUT2D eigenvalue weighted by Crippen LogP contribution is -1.94. The number of carbonyl (C=O) groups excluding carboxylic acids is 1. The molecule has 0 heterocycles. The summed E-state index contributed by atoms with van der Waals surface area (Å²) in [6, 6.07) is 0. The van der Waals surface area contributed by atoms with E-state index in [0.717, 1.165) is 25.2 Å². The zero-order chi connectivity index (χ0) is 11.8. The first-order valence-electron chi connectivity index (χ1n) is 6.90. The molecule has 0 aromatic carbocycles. The van der Waals surface area contributed by atoms with Crippen LogP contribution in [-0.2, 0) is 4.79 Å². The number of carbonyl (C=O) groups is 1. The zero-order valence-electron chi connectivity index (χ0n) is 10.9. The Morgan fingerprint density at radius 1 is 1.44 bits per heavy atom. The van der Waals surface area contributed by atoms with E-state index in [1.807, 2.05) is 0 Å². The molecule has 1 nitrogen and oxygen atoms in total. The summed E-state index contributed by atoms with van der Waals surface area (Å²) in [6.07, 6.45) is 13.8. The van der Waals surface area contributed by atoms with Crippen molar-refractivity contribution >= 4 is 5.78 Å². The maximum absolute atomic E-state index is 11.1. The molecular formula is C15H26O. The minimum atomic E-state index is 0.450. The van der Waals surface area contributed by atoms with E-state index in [1.54, 1.807) is 0 Å². The molecule has 1 saturated carbocycles. The van der Waals surface area contributed by atoms with Crippen molar-refractivity contribution < 1.29 is 4.79 Å². The minimum Gasteiger partial charge on any atom is -0.300 e. The molecule has 0 radical (unpaired) electrons. The van der Waals surface area contributed by atoms with E-state index < -0.39 is 0 Å². The van der Waals surface area contributed by atoms with Crippen molar-refractivity contribution in [3.63, 3.8) is 0 Å². The van der Waals surface area contributed by atoms with Gasteiger partial charge in [0.1, 0.15) is 5.78 Å². The average Bonchev–Trinajstić information content (AvgIpc) is 2.67. The van der Waals surface area contributed by atoms with Crippen LogP contribution in [0, 0.1) is 11.8 Å². The first-order chi connectivity index (χ1) is 7.72. The fourth-order valence-corrected chi connectivity index (χ4v) is 2.37. The molecule has 2 atom stereocenters. The van der Waals surface area contributed by atoms with Gasteiger partial charge in [-0.3, -0.25) is 4.79 Å². The van der Waals surface area contributed by atoms with Gasteiger partial charge in [0, 0.05) is 12.8 Å². The summed E-state index contributed by atoms with van der Waals surface area (Å²) in [5.41, 5.74) is 0. The van der Waals surface area contributed by atoms with Gasteiger partial charge in [0.05, 0.1) is 0 Å². The van der Waals surface area contributed by atoms with E-state index in [9.17, 15) is 4.79 Å². The highest BCUT2D eigenvalue weighted by molar-refractivity contribution is 5.80. The molecule has 1 fully saturated rings. The van der Waals surface area contributed by atoms with Crippen molar-refractivity contribution in [2.45, 2.75) is 65.2 Å². The van der Waals surface area contributed by atoms with Gasteiger partial charge in [-0.2, -0.15) is 0 Å². The predicted octanol–water partition coefficient (Wildman–Crippen LogP) is 4.52. The van der Waals surface area contributed by atoms with E-state index in [4.69, 9.17) is 0 Å². The van der Waals surface area contributed by atoms with Gasteiger partial charge >= 0.3 is 0 Å². The van der Waals surface area contributed by atoms with Gasteiger partial charge in [0.2, 0.25) is 0 Å². The number of allylic oxidation sites excluding steroid dienone is 2. The van der Waals surface area contributed by atoms with Gasteiger partial charge in [-0.1, -0.05) is 45.3 Å². The van der Waals surface area contributed by atoms with Crippen LogP contribution in [0.2, 0.25) is 0 Å². The molecule has 1 aliphatic rings. The Balaban J connectivity index is 2.05. The fraction of sp³-hybridized carbons (Fsp3) is 0.800. The molecule has 0 N–H and O–H groups in total. The third kappa shape index (κ3) is 5.48. The van der Waals surface area contributed by atoms with Crippen LogP contribution in [0.3, 0.4) is 0 Å². The molecule has 1 rings (SSSR count). The highest BCUT2D eigenvalue weighted by Gasteiger charge is 2.18. The summed E-state index contributed by atoms with van der Waals surface area (Å²) in [5, 5.41) is 0. The second kappa shape index (κ2) is 7.65. The Kier molecular flexibility index (Phi) is 6.44. The largest absolute Gasteiger partial charge is 0.300 e. The smallest absolute Gasteiger partial charge is 0.133 e. The third-order valence-corrected chi connectivity index (χ3v) is 3.57. The molecule has 0 amide bonds. The standard InChI is InChI=1S/C15H26O/c1-3-4-7-13(2)8-5-6-9-14-10-11-15(16)12-14/h6,9,13-14H,3-5,7-8,10-12H2,1-2H3/b9-6+/t13-,14?/m0/s1. The number of unbranched alkanes of at least 4 members (excludes halogenated alkanes) is 1. The Hall–Kier alpha value is -0.590. The Morgan fingerprint density at radius 2 is 2.25 bits per heavy atom.